The van der Waals surface area contributed by atoms with E-state index in [4.69, 9.17) is 11.6 Å². The molecule has 0 fully saturated rings. The molecule has 1 N–H and O–H groups in total. The van der Waals surface area contributed by atoms with Crippen molar-refractivity contribution >= 4 is 21.6 Å². The van der Waals surface area contributed by atoms with Crippen molar-refractivity contribution in [2.45, 2.75) is 12.3 Å². The van der Waals surface area contributed by atoms with Crippen LogP contribution in [-0.2, 0) is 22.3 Å². The van der Waals surface area contributed by atoms with Gasteiger partial charge in [-0.15, -0.1) is 0 Å². The van der Waals surface area contributed by atoms with Crippen LogP contribution in [0.15, 0.2) is 67.3 Å². The molecule has 124 valence electrons. The Balaban J connectivity index is 1.74. The highest BCUT2D eigenvalue weighted by Crippen LogP contribution is 2.16. The number of imidazole rings is 1. The van der Waals surface area contributed by atoms with E-state index in [2.05, 4.69) is 9.71 Å². The number of benzene rings is 2. The lowest BCUT2D eigenvalue weighted by Crippen LogP contribution is -2.25. The van der Waals surface area contributed by atoms with Crippen LogP contribution in [0.3, 0.4) is 0 Å². The largest absolute Gasteiger partial charge is 0.306 e. The van der Waals surface area contributed by atoms with Gasteiger partial charge in [0.1, 0.15) is 0 Å². The monoisotopic (exact) mass is 361 g/mol. The summed E-state index contributed by atoms with van der Waals surface area (Å²) in [4.78, 5) is 4.02. The topological polar surface area (TPSA) is 64.0 Å². The number of nitrogens with zero attached hydrogens (tertiary/aromatic N) is 2. The quantitative estimate of drug-likeness (QED) is 0.733. The van der Waals surface area contributed by atoms with Gasteiger partial charge >= 0.3 is 0 Å². The first-order valence-electron chi connectivity index (χ1n) is 7.31. The van der Waals surface area contributed by atoms with Gasteiger partial charge in [0, 0.05) is 24.0 Å². The number of para-hydroxylation sites is 1. The van der Waals surface area contributed by atoms with E-state index in [1.54, 1.807) is 36.8 Å². The third kappa shape index (κ3) is 4.23. The van der Waals surface area contributed by atoms with Crippen molar-refractivity contribution in [1.29, 1.82) is 0 Å². The van der Waals surface area contributed by atoms with E-state index in [0.717, 1.165) is 11.3 Å². The Morgan fingerprint density at radius 2 is 1.96 bits per heavy atom. The first-order valence-corrected chi connectivity index (χ1v) is 9.34. The Labute approximate surface area is 146 Å². The van der Waals surface area contributed by atoms with Crippen molar-refractivity contribution in [1.82, 2.24) is 14.3 Å². The Morgan fingerprint density at radius 1 is 1.12 bits per heavy atom. The van der Waals surface area contributed by atoms with Gasteiger partial charge in [0.15, 0.2) is 0 Å². The SMILES string of the molecule is O=S(=O)(Cc1cccc(Cl)c1)NCc1ccccc1-n1ccnc1. The molecule has 2 aromatic carbocycles. The van der Waals surface area contributed by atoms with E-state index >= 15 is 0 Å². The highest BCUT2D eigenvalue weighted by Gasteiger charge is 2.13. The molecule has 0 saturated carbocycles. The predicted octanol–water partition coefficient (Wildman–Crippen LogP) is 3.15. The number of rotatable bonds is 6. The van der Waals surface area contributed by atoms with Crippen molar-refractivity contribution in [3.8, 4) is 5.69 Å². The maximum absolute atomic E-state index is 12.3. The molecule has 5 nitrogen and oxygen atoms in total. The molecule has 0 saturated heterocycles. The van der Waals surface area contributed by atoms with Crippen LogP contribution in [0.1, 0.15) is 11.1 Å². The van der Waals surface area contributed by atoms with Crippen molar-refractivity contribution < 1.29 is 8.42 Å². The molecule has 0 spiro atoms. The Hall–Kier alpha value is -2.15. The highest BCUT2D eigenvalue weighted by molar-refractivity contribution is 7.88. The highest BCUT2D eigenvalue weighted by atomic mass is 35.5. The third-order valence-electron chi connectivity index (χ3n) is 3.50. The molecule has 0 bridgehead atoms. The lowest BCUT2D eigenvalue weighted by Gasteiger charge is -2.12. The van der Waals surface area contributed by atoms with Crippen LogP contribution in [0, 0.1) is 0 Å². The Kier molecular flexibility index (Phi) is 4.99. The lowest BCUT2D eigenvalue weighted by molar-refractivity contribution is 0.580. The second-order valence-corrected chi connectivity index (χ2v) is 7.55. The van der Waals surface area contributed by atoms with Crippen LogP contribution in [0.5, 0.6) is 0 Å². The van der Waals surface area contributed by atoms with Crippen molar-refractivity contribution in [3.05, 3.63) is 83.4 Å². The summed E-state index contributed by atoms with van der Waals surface area (Å²) in [7, 11) is -3.47. The first-order chi connectivity index (χ1) is 11.5. The minimum atomic E-state index is -3.47. The minimum Gasteiger partial charge on any atom is -0.306 e. The van der Waals surface area contributed by atoms with Gasteiger partial charge in [0.05, 0.1) is 17.8 Å². The number of halogens is 1. The number of sulfonamides is 1. The van der Waals surface area contributed by atoms with Gasteiger partial charge in [-0.25, -0.2) is 18.1 Å². The third-order valence-corrected chi connectivity index (χ3v) is 5.04. The average Bonchev–Trinajstić information content (AvgIpc) is 3.07. The van der Waals surface area contributed by atoms with E-state index in [9.17, 15) is 8.42 Å². The molecule has 1 heterocycles. The smallest absolute Gasteiger partial charge is 0.216 e. The maximum atomic E-state index is 12.3. The zero-order chi connectivity index (χ0) is 17.0. The summed E-state index contributed by atoms with van der Waals surface area (Å²) in [6.45, 7) is 0.206. The molecule has 0 atom stereocenters. The summed E-state index contributed by atoms with van der Waals surface area (Å²) >= 11 is 5.90. The van der Waals surface area contributed by atoms with E-state index in [0.29, 0.717) is 10.6 Å². The molecule has 3 rings (SSSR count). The van der Waals surface area contributed by atoms with Crippen LogP contribution in [0.4, 0.5) is 0 Å². The molecule has 1 aromatic heterocycles. The van der Waals surface area contributed by atoms with Crippen molar-refractivity contribution in [2.24, 2.45) is 0 Å². The predicted molar refractivity (Wildman–Crippen MR) is 94.5 cm³/mol. The minimum absolute atomic E-state index is 0.110. The van der Waals surface area contributed by atoms with Crippen LogP contribution in [0.25, 0.3) is 5.69 Å². The Morgan fingerprint density at radius 3 is 2.71 bits per heavy atom. The second-order valence-electron chi connectivity index (χ2n) is 5.31. The van der Waals surface area contributed by atoms with Crippen LogP contribution in [0.2, 0.25) is 5.02 Å². The van der Waals surface area contributed by atoms with Gasteiger partial charge in [-0.3, -0.25) is 0 Å². The van der Waals surface area contributed by atoms with Crippen LogP contribution in [-0.4, -0.2) is 18.0 Å². The standard InChI is InChI=1S/C17H16ClN3O2S/c18-16-6-3-4-14(10-16)12-24(22,23)20-11-15-5-1-2-7-17(15)21-9-8-19-13-21/h1-10,13,20H,11-12H2. The molecular formula is C17H16ClN3O2S. The zero-order valence-electron chi connectivity index (χ0n) is 12.8. The molecule has 0 radical (unpaired) electrons. The molecule has 0 unspecified atom stereocenters. The van der Waals surface area contributed by atoms with Gasteiger partial charge in [-0.2, -0.15) is 0 Å². The molecule has 0 aliphatic rings. The van der Waals surface area contributed by atoms with Crippen LogP contribution < -0.4 is 4.72 Å². The van der Waals surface area contributed by atoms with Crippen molar-refractivity contribution in [3.63, 3.8) is 0 Å². The normalized spacial score (nSPS) is 11.5. The number of nitrogens with one attached hydrogen (secondary N) is 1. The molecule has 0 aliphatic heterocycles. The fraction of sp³-hybridized carbons (Fsp3) is 0.118. The fourth-order valence-electron chi connectivity index (χ4n) is 2.40. The lowest BCUT2D eigenvalue weighted by atomic mass is 10.2. The molecular weight excluding hydrogens is 346 g/mol. The molecule has 24 heavy (non-hydrogen) atoms. The maximum Gasteiger partial charge on any atom is 0.216 e. The summed E-state index contributed by atoms with van der Waals surface area (Å²) < 4.78 is 29.1. The fourth-order valence-corrected chi connectivity index (χ4v) is 3.71. The zero-order valence-corrected chi connectivity index (χ0v) is 14.3. The molecule has 0 amide bonds. The number of hydrogen-bond donors (Lipinski definition) is 1. The van der Waals surface area contributed by atoms with Crippen molar-refractivity contribution in [2.75, 3.05) is 0 Å². The molecule has 7 heteroatoms. The summed E-state index contributed by atoms with van der Waals surface area (Å²) in [5.41, 5.74) is 2.41. The average molecular weight is 362 g/mol. The first kappa shape index (κ1) is 16.7. The van der Waals surface area contributed by atoms with Crippen LogP contribution >= 0.6 is 11.6 Å². The van der Waals surface area contributed by atoms with E-state index in [1.807, 2.05) is 35.0 Å². The number of hydrogen-bond acceptors (Lipinski definition) is 3. The van der Waals surface area contributed by atoms with Gasteiger partial charge < -0.3 is 4.57 Å². The van der Waals surface area contributed by atoms with Gasteiger partial charge in [0.2, 0.25) is 10.0 Å². The van der Waals surface area contributed by atoms with E-state index < -0.39 is 10.0 Å². The molecule has 3 aromatic rings. The van der Waals surface area contributed by atoms with Gasteiger partial charge in [-0.05, 0) is 29.3 Å². The second kappa shape index (κ2) is 7.17. The summed E-state index contributed by atoms with van der Waals surface area (Å²) in [5, 5.41) is 0.521. The Bertz CT molecular complexity index is 925. The summed E-state index contributed by atoms with van der Waals surface area (Å²) in [6.07, 6.45) is 5.18. The summed E-state index contributed by atoms with van der Waals surface area (Å²) in [6, 6.07) is 14.4. The van der Waals surface area contributed by atoms with E-state index in [-0.39, 0.29) is 12.3 Å². The number of aromatic nitrogens is 2. The van der Waals surface area contributed by atoms with Gasteiger partial charge in [-0.1, -0.05) is 41.9 Å². The summed E-state index contributed by atoms with van der Waals surface area (Å²) in [5.74, 6) is -0.110. The van der Waals surface area contributed by atoms with E-state index in [1.165, 1.54) is 0 Å². The van der Waals surface area contributed by atoms with Gasteiger partial charge in [0.25, 0.3) is 0 Å². The molecule has 0 aliphatic carbocycles.